The molecule has 0 radical (unpaired) electrons. The molecule has 0 spiro atoms. The number of ether oxygens (including phenoxy) is 1. The van der Waals surface area contributed by atoms with E-state index in [9.17, 15) is 5.11 Å². The Bertz CT molecular complexity index is 615. The van der Waals surface area contributed by atoms with Gasteiger partial charge in [0, 0.05) is 17.8 Å². The van der Waals surface area contributed by atoms with Crippen LogP contribution in [-0.2, 0) is 6.61 Å². The molecule has 0 aliphatic rings. The number of aliphatic hydroxyl groups excluding tert-OH is 1. The van der Waals surface area contributed by atoms with Crippen LogP contribution in [-0.4, -0.2) is 10.1 Å². The van der Waals surface area contributed by atoms with Crippen LogP contribution in [0, 0.1) is 0 Å². The first-order valence-corrected chi connectivity index (χ1v) is 7.00. The van der Waals surface area contributed by atoms with Crippen LogP contribution in [0.4, 0.5) is 0 Å². The third-order valence-electron chi connectivity index (χ3n) is 2.77. The van der Waals surface area contributed by atoms with E-state index in [0.29, 0.717) is 21.7 Å². The highest BCUT2D eigenvalue weighted by atomic mass is 35.5. The van der Waals surface area contributed by atoms with Crippen molar-refractivity contribution in [2.45, 2.75) is 26.4 Å². The van der Waals surface area contributed by atoms with Gasteiger partial charge in [0.25, 0.3) is 0 Å². The molecule has 0 bridgehead atoms. The lowest BCUT2D eigenvalue weighted by molar-refractivity contribution is 0.280. The molecule has 0 saturated heterocycles. The number of nitrogens with zero attached hydrogens (tertiary/aromatic N) is 1. The molecule has 1 heterocycles. The summed E-state index contributed by atoms with van der Waals surface area (Å²) in [7, 11) is 0. The molecule has 0 saturated carbocycles. The van der Waals surface area contributed by atoms with Gasteiger partial charge in [0.05, 0.1) is 16.7 Å². The summed E-state index contributed by atoms with van der Waals surface area (Å²) >= 11 is 11.8. The lowest BCUT2D eigenvalue weighted by Gasteiger charge is -2.11. The van der Waals surface area contributed by atoms with E-state index in [0.717, 1.165) is 11.3 Å². The molecule has 2 aromatic rings. The molecule has 0 unspecified atom stereocenters. The van der Waals surface area contributed by atoms with Crippen LogP contribution in [0.1, 0.15) is 31.0 Å². The predicted molar refractivity (Wildman–Crippen MR) is 80.8 cm³/mol. The van der Waals surface area contributed by atoms with Crippen LogP contribution in [0.25, 0.3) is 0 Å². The summed E-state index contributed by atoms with van der Waals surface area (Å²) in [5.74, 6) is 1.23. The maximum atomic E-state index is 9.29. The van der Waals surface area contributed by atoms with Crippen molar-refractivity contribution in [3.63, 3.8) is 0 Å². The molecule has 2 rings (SSSR count). The van der Waals surface area contributed by atoms with Crippen LogP contribution < -0.4 is 4.74 Å². The molecular formula is C15H15Cl2NO2. The zero-order chi connectivity index (χ0) is 14.7. The van der Waals surface area contributed by atoms with Crippen LogP contribution in [0.15, 0.2) is 30.3 Å². The Morgan fingerprint density at radius 2 is 1.90 bits per heavy atom. The van der Waals surface area contributed by atoms with Crippen LogP contribution >= 0.6 is 23.2 Å². The molecule has 1 aromatic carbocycles. The van der Waals surface area contributed by atoms with Gasteiger partial charge in [-0.1, -0.05) is 37.0 Å². The topological polar surface area (TPSA) is 42.4 Å². The summed E-state index contributed by atoms with van der Waals surface area (Å²) in [6.07, 6.45) is 0. The Labute approximate surface area is 128 Å². The fourth-order valence-electron chi connectivity index (χ4n) is 1.68. The minimum Gasteiger partial charge on any atom is -0.439 e. The molecule has 5 heteroatoms. The maximum absolute atomic E-state index is 9.29. The van der Waals surface area contributed by atoms with E-state index in [4.69, 9.17) is 27.9 Å². The monoisotopic (exact) mass is 311 g/mol. The normalized spacial score (nSPS) is 10.9. The molecule has 0 amide bonds. The van der Waals surface area contributed by atoms with Gasteiger partial charge in [-0.2, -0.15) is 0 Å². The summed E-state index contributed by atoms with van der Waals surface area (Å²) in [5.41, 5.74) is 1.63. The highest BCUT2D eigenvalue weighted by Gasteiger charge is 2.08. The summed E-state index contributed by atoms with van der Waals surface area (Å²) in [6.45, 7) is 4.01. The smallest absolute Gasteiger partial charge is 0.219 e. The van der Waals surface area contributed by atoms with E-state index in [1.807, 2.05) is 19.9 Å². The molecule has 1 N–H and O–H groups in total. The highest BCUT2D eigenvalue weighted by Crippen LogP contribution is 2.29. The van der Waals surface area contributed by atoms with E-state index in [1.54, 1.807) is 24.3 Å². The number of hydrogen-bond donors (Lipinski definition) is 1. The van der Waals surface area contributed by atoms with E-state index in [-0.39, 0.29) is 12.5 Å². The number of benzene rings is 1. The first-order valence-electron chi connectivity index (χ1n) is 6.24. The highest BCUT2D eigenvalue weighted by molar-refractivity contribution is 6.42. The van der Waals surface area contributed by atoms with E-state index < -0.39 is 0 Å². The molecule has 0 aliphatic heterocycles. The molecule has 1 aromatic heterocycles. The molecular weight excluding hydrogens is 297 g/mol. The average molecular weight is 312 g/mol. The quantitative estimate of drug-likeness (QED) is 0.882. The first-order chi connectivity index (χ1) is 9.49. The molecule has 0 atom stereocenters. The Morgan fingerprint density at radius 3 is 2.50 bits per heavy atom. The van der Waals surface area contributed by atoms with Crippen molar-refractivity contribution >= 4 is 23.2 Å². The van der Waals surface area contributed by atoms with Crippen molar-refractivity contribution in [3.05, 3.63) is 51.6 Å². The lowest BCUT2D eigenvalue weighted by Crippen LogP contribution is -1.98. The van der Waals surface area contributed by atoms with Gasteiger partial charge in [0.1, 0.15) is 5.75 Å². The third kappa shape index (κ3) is 3.63. The summed E-state index contributed by atoms with van der Waals surface area (Å²) < 4.78 is 5.68. The van der Waals surface area contributed by atoms with Crippen LogP contribution in [0.5, 0.6) is 11.6 Å². The Hall–Kier alpha value is -1.29. The molecule has 0 fully saturated rings. The van der Waals surface area contributed by atoms with Crippen molar-refractivity contribution in [3.8, 4) is 11.6 Å². The molecule has 3 nitrogen and oxygen atoms in total. The van der Waals surface area contributed by atoms with Crippen molar-refractivity contribution in [1.82, 2.24) is 4.98 Å². The van der Waals surface area contributed by atoms with Crippen molar-refractivity contribution < 1.29 is 9.84 Å². The van der Waals surface area contributed by atoms with E-state index in [1.165, 1.54) is 0 Å². The second-order valence-electron chi connectivity index (χ2n) is 4.73. The fraction of sp³-hybridized carbons (Fsp3) is 0.267. The standard InChI is InChI=1S/C15H15Cl2NO2/c1-9(2)14-5-10(8-19)6-15(18-14)20-11-3-4-12(16)13(17)7-11/h3-7,9,19H,8H2,1-2H3. The summed E-state index contributed by atoms with van der Waals surface area (Å²) in [6, 6.07) is 8.59. The molecule has 0 aliphatic carbocycles. The number of rotatable bonds is 4. The van der Waals surface area contributed by atoms with Gasteiger partial charge < -0.3 is 9.84 Å². The van der Waals surface area contributed by atoms with E-state index >= 15 is 0 Å². The van der Waals surface area contributed by atoms with Gasteiger partial charge in [-0.3, -0.25) is 0 Å². The van der Waals surface area contributed by atoms with Crippen molar-refractivity contribution in [2.75, 3.05) is 0 Å². The Kier molecular flexibility index (Phi) is 4.86. The second-order valence-corrected chi connectivity index (χ2v) is 5.54. The van der Waals surface area contributed by atoms with Gasteiger partial charge >= 0.3 is 0 Å². The lowest BCUT2D eigenvalue weighted by atomic mass is 10.1. The van der Waals surface area contributed by atoms with Crippen molar-refractivity contribution in [2.24, 2.45) is 0 Å². The van der Waals surface area contributed by atoms with Gasteiger partial charge in [-0.25, -0.2) is 4.98 Å². The number of pyridine rings is 1. The summed E-state index contributed by atoms with van der Waals surface area (Å²) in [4.78, 5) is 4.42. The Morgan fingerprint density at radius 1 is 1.15 bits per heavy atom. The summed E-state index contributed by atoms with van der Waals surface area (Å²) in [5, 5.41) is 10.2. The average Bonchev–Trinajstić information content (AvgIpc) is 2.42. The number of hydrogen-bond acceptors (Lipinski definition) is 3. The Balaban J connectivity index is 2.32. The van der Waals surface area contributed by atoms with Gasteiger partial charge in [-0.05, 0) is 29.7 Å². The molecule has 106 valence electrons. The minimum absolute atomic E-state index is 0.0556. The van der Waals surface area contributed by atoms with E-state index in [2.05, 4.69) is 4.98 Å². The zero-order valence-electron chi connectivity index (χ0n) is 11.2. The van der Waals surface area contributed by atoms with Crippen LogP contribution in [0.3, 0.4) is 0 Å². The maximum Gasteiger partial charge on any atom is 0.219 e. The van der Waals surface area contributed by atoms with Gasteiger partial charge in [-0.15, -0.1) is 0 Å². The second kappa shape index (κ2) is 6.44. The van der Waals surface area contributed by atoms with Gasteiger partial charge in [0.15, 0.2) is 0 Å². The van der Waals surface area contributed by atoms with Crippen LogP contribution in [0.2, 0.25) is 10.0 Å². The zero-order valence-corrected chi connectivity index (χ0v) is 12.7. The van der Waals surface area contributed by atoms with Crippen molar-refractivity contribution in [1.29, 1.82) is 0 Å². The SMILES string of the molecule is CC(C)c1cc(CO)cc(Oc2ccc(Cl)c(Cl)c2)n1. The largest absolute Gasteiger partial charge is 0.439 e. The van der Waals surface area contributed by atoms with Gasteiger partial charge in [0.2, 0.25) is 5.88 Å². The minimum atomic E-state index is -0.0556. The molecule has 20 heavy (non-hydrogen) atoms. The number of halogens is 2. The first kappa shape index (κ1) is 15.1. The third-order valence-corrected chi connectivity index (χ3v) is 3.51. The predicted octanol–water partition coefficient (Wildman–Crippen LogP) is 4.80. The number of aromatic nitrogens is 1. The number of aliphatic hydroxyl groups is 1. The fourth-order valence-corrected chi connectivity index (χ4v) is 1.97.